The van der Waals surface area contributed by atoms with Gasteiger partial charge < -0.3 is 10.1 Å². The van der Waals surface area contributed by atoms with Gasteiger partial charge in [0.15, 0.2) is 9.84 Å². The van der Waals surface area contributed by atoms with E-state index >= 15 is 0 Å². The lowest BCUT2D eigenvalue weighted by Crippen LogP contribution is -2.05. The second kappa shape index (κ2) is 4.27. The zero-order valence-electron chi connectivity index (χ0n) is 10.3. The van der Waals surface area contributed by atoms with Crippen LogP contribution >= 0.6 is 0 Å². The molecule has 0 radical (unpaired) electrons. The fourth-order valence-electron chi connectivity index (χ4n) is 2.47. The van der Waals surface area contributed by atoms with E-state index in [2.05, 4.69) is 9.97 Å². The summed E-state index contributed by atoms with van der Waals surface area (Å²) in [4.78, 5) is 18.1. The van der Waals surface area contributed by atoms with Crippen molar-refractivity contribution in [1.82, 2.24) is 9.97 Å². The number of carboxylic acids is 1. The van der Waals surface area contributed by atoms with Gasteiger partial charge in [0.1, 0.15) is 17.2 Å². The summed E-state index contributed by atoms with van der Waals surface area (Å²) in [5.74, 6) is -1.77. The number of aromatic nitrogens is 2. The zero-order valence-corrected chi connectivity index (χ0v) is 11.1. The molecule has 106 valence electrons. The average Bonchev–Trinajstić information content (AvgIpc) is 2.90. The Morgan fingerprint density at radius 3 is 2.80 bits per heavy atom. The maximum absolute atomic E-state index is 13.4. The van der Waals surface area contributed by atoms with Crippen LogP contribution in [0.5, 0.6) is 0 Å². The van der Waals surface area contributed by atoms with Crippen molar-refractivity contribution in [3.05, 3.63) is 29.3 Å². The van der Waals surface area contributed by atoms with E-state index in [1.54, 1.807) is 0 Å². The molecule has 1 saturated heterocycles. The molecule has 0 aliphatic carbocycles. The Morgan fingerprint density at radius 1 is 1.45 bits per heavy atom. The molecule has 3 rings (SSSR count). The summed E-state index contributed by atoms with van der Waals surface area (Å²) in [7, 11) is -3.07. The highest BCUT2D eigenvalue weighted by Crippen LogP contribution is 2.29. The second-order valence-electron chi connectivity index (χ2n) is 4.88. The third kappa shape index (κ3) is 2.15. The van der Waals surface area contributed by atoms with Gasteiger partial charge >= 0.3 is 5.97 Å². The maximum atomic E-state index is 13.4. The van der Waals surface area contributed by atoms with Crippen LogP contribution in [0.4, 0.5) is 4.39 Å². The Bertz CT molecular complexity index is 812. The first kappa shape index (κ1) is 13.0. The first-order valence-electron chi connectivity index (χ1n) is 5.98. The molecule has 8 heteroatoms. The molecule has 1 unspecified atom stereocenters. The number of halogens is 1. The van der Waals surface area contributed by atoms with Crippen LogP contribution in [-0.4, -0.2) is 41.0 Å². The van der Waals surface area contributed by atoms with E-state index in [-0.39, 0.29) is 34.0 Å². The smallest absolute Gasteiger partial charge is 0.338 e. The first-order chi connectivity index (χ1) is 9.35. The predicted octanol–water partition coefficient (Wildman–Crippen LogP) is 1.30. The molecule has 0 saturated carbocycles. The van der Waals surface area contributed by atoms with Gasteiger partial charge in [0.25, 0.3) is 0 Å². The van der Waals surface area contributed by atoms with Crippen LogP contribution in [0.1, 0.15) is 28.5 Å². The van der Waals surface area contributed by atoms with E-state index in [0.29, 0.717) is 12.2 Å². The molecule has 0 spiro atoms. The highest BCUT2D eigenvalue weighted by atomic mass is 32.2. The van der Waals surface area contributed by atoms with Crippen LogP contribution in [0.3, 0.4) is 0 Å². The number of carbonyl (C=O) groups is 1. The largest absolute Gasteiger partial charge is 0.478 e. The fraction of sp³-hybridized carbons (Fsp3) is 0.333. The lowest BCUT2D eigenvalue weighted by molar-refractivity contribution is 0.0698. The number of nitrogens with zero attached hydrogens (tertiary/aromatic N) is 1. The molecule has 1 aliphatic heterocycles. The van der Waals surface area contributed by atoms with Gasteiger partial charge in [-0.25, -0.2) is 22.6 Å². The summed E-state index contributed by atoms with van der Waals surface area (Å²) in [5, 5.41) is 9.05. The average molecular weight is 298 g/mol. The minimum atomic E-state index is -3.07. The van der Waals surface area contributed by atoms with Gasteiger partial charge in [0.2, 0.25) is 0 Å². The molecule has 1 fully saturated rings. The standard InChI is InChI=1S/C12H11FN2O4S/c13-7-3-8(12(16)17)10-9(4-7)14-11(15-10)6-1-2-20(18,19)5-6/h3-4,6H,1-2,5H2,(H,14,15)(H,16,17). The molecule has 1 aliphatic rings. The third-order valence-electron chi connectivity index (χ3n) is 3.42. The number of imidazole rings is 1. The molecule has 1 aromatic carbocycles. The quantitative estimate of drug-likeness (QED) is 0.870. The number of H-pyrrole nitrogens is 1. The number of benzene rings is 1. The summed E-state index contributed by atoms with van der Waals surface area (Å²) in [6.45, 7) is 0. The number of aromatic amines is 1. The molecule has 2 aromatic rings. The number of rotatable bonds is 2. The lowest BCUT2D eigenvalue weighted by Gasteiger charge is -2.01. The molecule has 0 amide bonds. The number of hydrogen-bond donors (Lipinski definition) is 2. The summed E-state index contributed by atoms with van der Waals surface area (Å²) < 4.78 is 36.3. The predicted molar refractivity (Wildman–Crippen MR) is 69.0 cm³/mol. The van der Waals surface area contributed by atoms with Crippen molar-refractivity contribution in [2.24, 2.45) is 0 Å². The molecular weight excluding hydrogens is 287 g/mol. The van der Waals surface area contributed by atoms with Gasteiger partial charge in [0, 0.05) is 5.92 Å². The van der Waals surface area contributed by atoms with Gasteiger partial charge in [-0.3, -0.25) is 0 Å². The van der Waals surface area contributed by atoms with Gasteiger partial charge in [0.05, 0.1) is 22.6 Å². The summed E-state index contributed by atoms with van der Waals surface area (Å²) in [6.07, 6.45) is 0.438. The minimum absolute atomic E-state index is 0.0162. The third-order valence-corrected chi connectivity index (χ3v) is 5.19. The van der Waals surface area contributed by atoms with Crippen molar-refractivity contribution in [1.29, 1.82) is 0 Å². The van der Waals surface area contributed by atoms with Crippen LogP contribution < -0.4 is 0 Å². The number of carboxylic acid groups (broad SMARTS) is 1. The van der Waals surface area contributed by atoms with E-state index in [1.807, 2.05) is 0 Å². The number of sulfone groups is 1. The Labute approximate surface area is 113 Å². The van der Waals surface area contributed by atoms with Gasteiger partial charge in [-0.2, -0.15) is 0 Å². The Hall–Kier alpha value is -1.96. The number of nitrogens with one attached hydrogen (secondary N) is 1. The molecule has 20 heavy (non-hydrogen) atoms. The molecule has 1 atom stereocenters. The van der Waals surface area contributed by atoms with E-state index in [4.69, 9.17) is 5.11 Å². The maximum Gasteiger partial charge on any atom is 0.338 e. The molecule has 6 nitrogen and oxygen atoms in total. The Kier molecular flexibility index (Phi) is 2.79. The lowest BCUT2D eigenvalue weighted by atomic mass is 10.1. The highest BCUT2D eigenvalue weighted by Gasteiger charge is 2.31. The van der Waals surface area contributed by atoms with E-state index in [9.17, 15) is 17.6 Å². The monoisotopic (exact) mass is 298 g/mol. The van der Waals surface area contributed by atoms with E-state index in [1.165, 1.54) is 0 Å². The number of fused-ring (bicyclic) bond motifs is 1. The number of aromatic carboxylic acids is 1. The Morgan fingerprint density at radius 2 is 2.20 bits per heavy atom. The van der Waals surface area contributed by atoms with Crippen molar-refractivity contribution < 1.29 is 22.7 Å². The fourth-order valence-corrected chi connectivity index (χ4v) is 4.22. The van der Waals surface area contributed by atoms with Crippen molar-refractivity contribution in [2.75, 3.05) is 11.5 Å². The van der Waals surface area contributed by atoms with Crippen molar-refractivity contribution in [3.8, 4) is 0 Å². The summed E-state index contributed by atoms with van der Waals surface area (Å²) in [6, 6.07) is 2.06. The van der Waals surface area contributed by atoms with Crippen molar-refractivity contribution in [3.63, 3.8) is 0 Å². The highest BCUT2D eigenvalue weighted by molar-refractivity contribution is 7.91. The summed E-state index contributed by atoms with van der Waals surface area (Å²) in [5.41, 5.74) is 0.184. The molecule has 2 heterocycles. The Balaban J connectivity index is 2.11. The van der Waals surface area contributed by atoms with Crippen molar-refractivity contribution in [2.45, 2.75) is 12.3 Å². The van der Waals surface area contributed by atoms with E-state index < -0.39 is 21.6 Å². The summed E-state index contributed by atoms with van der Waals surface area (Å²) >= 11 is 0. The number of hydrogen-bond acceptors (Lipinski definition) is 4. The zero-order chi connectivity index (χ0) is 14.5. The normalized spacial score (nSPS) is 21.4. The molecule has 1 aromatic heterocycles. The SMILES string of the molecule is O=C(O)c1cc(F)cc2[nH]c(C3CCS(=O)(=O)C3)nc12. The van der Waals surface area contributed by atoms with Crippen LogP contribution in [0.25, 0.3) is 11.0 Å². The van der Waals surface area contributed by atoms with Gasteiger partial charge in [-0.1, -0.05) is 0 Å². The second-order valence-corrected chi connectivity index (χ2v) is 7.11. The molecule has 2 N–H and O–H groups in total. The molecule has 0 bridgehead atoms. The van der Waals surface area contributed by atoms with Gasteiger partial charge in [-0.05, 0) is 18.6 Å². The first-order valence-corrected chi connectivity index (χ1v) is 7.81. The van der Waals surface area contributed by atoms with Gasteiger partial charge in [-0.15, -0.1) is 0 Å². The van der Waals surface area contributed by atoms with Crippen LogP contribution in [0.2, 0.25) is 0 Å². The van der Waals surface area contributed by atoms with Crippen molar-refractivity contribution >= 4 is 26.8 Å². The van der Waals surface area contributed by atoms with Crippen LogP contribution in [0, 0.1) is 5.82 Å². The van der Waals surface area contributed by atoms with E-state index in [0.717, 1.165) is 12.1 Å². The topological polar surface area (TPSA) is 100 Å². The van der Waals surface area contributed by atoms with Crippen LogP contribution in [-0.2, 0) is 9.84 Å². The van der Waals surface area contributed by atoms with Crippen LogP contribution in [0.15, 0.2) is 12.1 Å². The molecular formula is C12H11FN2O4S. The minimum Gasteiger partial charge on any atom is -0.478 e.